The third-order valence-corrected chi connectivity index (χ3v) is 5.68. The van der Waals surface area contributed by atoms with Crippen LogP contribution in [0.3, 0.4) is 0 Å². The lowest BCUT2D eigenvalue weighted by Gasteiger charge is -2.38. The number of aliphatic imine (C=N–C) groups is 1. The van der Waals surface area contributed by atoms with Crippen LogP contribution in [-0.2, 0) is 4.79 Å². The number of nitriles is 1. The highest BCUT2D eigenvalue weighted by atomic mass is 16.3. The Morgan fingerprint density at radius 1 is 1.38 bits per heavy atom. The van der Waals surface area contributed by atoms with Crippen molar-refractivity contribution in [1.82, 2.24) is 15.1 Å². The molecule has 7 nitrogen and oxygen atoms in total. The average molecular weight is 357 g/mol. The van der Waals surface area contributed by atoms with Gasteiger partial charge in [0.1, 0.15) is 11.8 Å². The molecule has 2 heterocycles. The number of nitrogens with one attached hydrogen (secondary N) is 1. The summed E-state index contributed by atoms with van der Waals surface area (Å²) in [5, 5.41) is 22.7. The number of rotatable bonds is 3. The molecular formula is C19H27N5O2. The minimum Gasteiger partial charge on any atom is -0.374 e. The van der Waals surface area contributed by atoms with Crippen molar-refractivity contribution in [3.63, 3.8) is 0 Å². The Labute approximate surface area is 154 Å². The molecule has 0 aromatic heterocycles. The predicted molar refractivity (Wildman–Crippen MR) is 98.8 cm³/mol. The number of carbonyl (C=O) groups is 1. The van der Waals surface area contributed by atoms with E-state index in [4.69, 9.17) is 0 Å². The van der Waals surface area contributed by atoms with Crippen molar-refractivity contribution in [2.24, 2.45) is 10.4 Å². The Hall–Kier alpha value is -2.33. The fraction of sp³-hybridized carbons (Fsp3) is 0.632. The molecule has 2 fully saturated rings. The minimum absolute atomic E-state index is 0.155. The molecule has 1 saturated heterocycles. The summed E-state index contributed by atoms with van der Waals surface area (Å²) in [7, 11) is 3.36. The van der Waals surface area contributed by atoms with Crippen LogP contribution in [0.15, 0.2) is 28.2 Å². The van der Waals surface area contributed by atoms with Crippen LogP contribution < -0.4 is 5.32 Å². The number of aliphatic hydroxyl groups is 1. The maximum Gasteiger partial charge on any atom is 0.267 e. The molecule has 1 aliphatic carbocycles. The third kappa shape index (κ3) is 3.75. The Bertz CT molecular complexity index is 715. The van der Waals surface area contributed by atoms with E-state index >= 15 is 0 Å². The molecule has 140 valence electrons. The topological polar surface area (TPSA) is 92.0 Å². The van der Waals surface area contributed by atoms with Gasteiger partial charge in [0, 0.05) is 51.2 Å². The Kier molecular flexibility index (Phi) is 5.05. The van der Waals surface area contributed by atoms with Crippen LogP contribution >= 0.6 is 0 Å². The van der Waals surface area contributed by atoms with Gasteiger partial charge >= 0.3 is 0 Å². The first kappa shape index (κ1) is 18.5. The number of amides is 1. The van der Waals surface area contributed by atoms with E-state index in [0.29, 0.717) is 28.8 Å². The first-order valence-electron chi connectivity index (χ1n) is 9.13. The Morgan fingerprint density at radius 3 is 2.58 bits per heavy atom. The fourth-order valence-electron chi connectivity index (χ4n) is 3.70. The molecule has 3 rings (SSSR count). The lowest BCUT2D eigenvalue weighted by Crippen LogP contribution is -2.41. The summed E-state index contributed by atoms with van der Waals surface area (Å²) < 4.78 is 0. The molecule has 0 radical (unpaired) electrons. The maximum absolute atomic E-state index is 11.9. The average Bonchev–Trinajstić information content (AvgIpc) is 3.38. The normalized spacial score (nSPS) is 26.6. The number of hydrogen-bond donors (Lipinski definition) is 2. The zero-order chi connectivity index (χ0) is 18.9. The van der Waals surface area contributed by atoms with Gasteiger partial charge in [-0.25, -0.2) is 0 Å². The summed E-state index contributed by atoms with van der Waals surface area (Å²) in [4.78, 5) is 19.8. The van der Waals surface area contributed by atoms with E-state index in [9.17, 15) is 15.2 Å². The molecule has 1 atom stereocenters. The summed E-state index contributed by atoms with van der Waals surface area (Å²) in [5.41, 5.74) is 2.92. The van der Waals surface area contributed by atoms with E-state index < -0.39 is 6.23 Å². The quantitative estimate of drug-likeness (QED) is 0.744. The molecule has 3 aliphatic rings. The van der Waals surface area contributed by atoms with Gasteiger partial charge in [0.05, 0.1) is 5.57 Å². The molecule has 1 spiro atoms. The largest absolute Gasteiger partial charge is 0.374 e. The molecule has 0 bridgehead atoms. The van der Waals surface area contributed by atoms with Gasteiger partial charge in [-0.1, -0.05) is 0 Å². The van der Waals surface area contributed by atoms with Crippen LogP contribution in [0.1, 0.15) is 39.0 Å². The molecule has 0 aromatic carbocycles. The van der Waals surface area contributed by atoms with Gasteiger partial charge in [0.15, 0.2) is 6.23 Å². The molecule has 1 amide bonds. The van der Waals surface area contributed by atoms with Crippen molar-refractivity contribution in [1.29, 1.82) is 5.26 Å². The van der Waals surface area contributed by atoms with Gasteiger partial charge in [-0.3, -0.25) is 9.79 Å². The number of hydrogen-bond acceptors (Lipinski definition) is 6. The smallest absolute Gasteiger partial charge is 0.267 e. The monoisotopic (exact) mass is 357 g/mol. The van der Waals surface area contributed by atoms with Crippen LogP contribution in [0.5, 0.6) is 0 Å². The molecule has 2 N–H and O–H groups in total. The van der Waals surface area contributed by atoms with Crippen LogP contribution in [0.25, 0.3) is 0 Å². The molecular weight excluding hydrogens is 330 g/mol. The second kappa shape index (κ2) is 7.12. The van der Waals surface area contributed by atoms with Gasteiger partial charge in [-0.2, -0.15) is 5.26 Å². The minimum atomic E-state index is -1.04. The second-order valence-electron chi connectivity index (χ2n) is 7.75. The van der Waals surface area contributed by atoms with Gasteiger partial charge in [0.25, 0.3) is 5.91 Å². The van der Waals surface area contributed by atoms with Crippen LogP contribution in [0.2, 0.25) is 0 Å². The summed E-state index contributed by atoms with van der Waals surface area (Å²) in [6.45, 7) is 3.53. The second-order valence-corrected chi connectivity index (χ2v) is 7.75. The van der Waals surface area contributed by atoms with Crippen molar-refractivity contribution in [2.45, 2.75) is 45.3 Å². The van der Waals surface area contributed by atoms with E-state index in [-0.39, 0.29) is 5.91 Å². The zero-order valence-corrected chi connectivity index (χ0v) is 15.7. The van der Waals surface area contributed by atoms with Crippen molar-refractivity contribution in [3.05, 3.63) is 23.2 Å². The lowest BCUT2D eigenvalue weighted by molar-refractivity contribution is -0.121. The highest BCUT2D eigenvalue weighted by Crippen LogP contribution is 2.54. The molecule has 26 heavy (non-hydrogen) atoms. The van der Waals surface area contributed by atoms with Crippen LogP contribution in [0, 0.1) is 16.7 Å². The number of nitrogens with zero attached hydrogens (tertiary/aromatic N) is 4. The SMILES string of the molecule is C/C(=N\C=C1/CC(N2CCC3(CC2)CC3)=C(C#N)C(O)N1)C(=O)N(C)C. The van der Waals surface area contributed by atoms with Crippen molar-refractivity contribution in [3.8, 4) is 6.07 Å². The predicted octanol–water partition coefficient (Wildman–Crippen LogP) is 1.34. The van der Waals surface area contributed by atoms with Gasteiger partial charge < -0.3 is 20.2 Å². The van der Waals surface area contributed by atoms with E-state index in [2.05, 4.69) is 21.3 Å². The lowest BCUT2D eigenvalue weighted by atomic mass is 9.92. The number of piperidine rings is 1. The summed E-state index contributed by atoms with van der Waals surface area (Å²) in [6.07, 6.45) is 6.04. The maximum atomic E-state index is 11.9. The zero-order valence-electron chi connectivity index (χ0n) is 15.7. The number of likely N-dealkylation sites (tertiary alicyclic amines) is 1. The first-order chi connectivity index (χ1) is 12.3. The Balaban J connectivity index is 1.77. The van der Waals surface area contributed by atoms with E-state index in [1.807, 2.05) is 0 Å². The van der Waals surface area contributed by atoms with Crippen molar-refractivity contribution >= 4 is 11.6 Å². The molecule has 1 unspecified atom stereocenters. The van der Waals surface area contributed by atoms with Gasteiger partial charge in [-0.05, 0) is 38.0 Å². The highest BCUT2D eigenvalue weighted by molar-refractivity contribution is 6.37. The standard InChI is InChI=1S/C19H27N5O2/c1-13(18(26)23(2)3)21-12-14-10-16(15(11-20)17(25)22-14)24-8-6-19(4-5-19)7-9-24/h12,17,22,25H,4-10H2,1-3H3/b14-12+,21-13+. The number of carbonyl (C=O) groups excluding carboxylic acids is 1. The summed E-state index contributed by atoms with van der Waals surface area (Å²) in [6, 6.07) is 2.16. The van der Waals surface area contributed by atoms with E-state index in [1.54, 1.807) is 27.2 Å². The Morgan fingerprint density at radius 2 is 2.04 bits per heavy atom. The molecule has 2 aliphatic heterocycles. The summed E-state index contributed by atoms with van der Waals surface area (Å²) in [5.74, 6) is -0.155. The fourth-order valence-corrected chi connectivity index (χ4v) is 3.70. The van der Waals surface area contributed by atoms with Gasteiger partial charge in [0.2, 0.25) is 0 Å². The molecule has 1 saturated carbocycles. The van der Waals surface area contributed by atoms with E-state index in [0.717, 1.165) is 31.6 Å². The van der Waals surface area contributed by atoms with Crippen molar-refractivity contribution < 1.29 is 9.90 Å². The number of aliphatic hydroxyl groups excluding tert-OH is 1. The van der Waals surface area contributed by atoms with Crippen LogP contribution in [-0.4, -0.2) is 59.9 Å². The summed E-state index contributed by atoms with van der Waals surface area (Å²) >= 11 is 0. The van der Waals surface area contributed by atoms with Crippen molar-refractivity contribution in [2.75, 3.05) is 27.2 Å². The molecule has 0 aromatic rings. The molecule has 7 heteroatoms. The highest BCUT2D eigenvalue weighted by Gasteiger charge is 2.45. The third-order valence-electron chi connectivity index (χ3n) is 5.68. The van der Waals surface area contributed by atoms with Gasteiger partial charge in [-0.15, -0.1) is 0 Å². The van der Waals surface area contributed by atoms with Crippen LogP contribution in [0.4, 0.5) is 0 Å². The van der Waals surface area contributed by atoms with E-state index in [1.165, 1.54) is 17.7 Å². The first-order valence-corrected chi connectivity index (χ1v) is 9.13.